The highest BCUT2D eigenvalue weighted by atomic mass is 16.5. The fourth-order valence-electron chi connectivity index (χ4n) is 2.39. The van der Waals surface area contributed by atoms with Gasteiger partial charge in [-0.2, -0.15) is 4.68 Å². The Bertz CT molecular complexity index is 1030. The number of rotatable bonds is 5. The van der Waals surface area contributed by atoms with E-state index in [1.54, 1.807) is 48.5 Å². The topological polar surface area (TPSA) is 79.1 Å². The molecular weight excluding hydrogens is 344 g/mol. The van der Waals surface area contributed by atoms with Gasteiger partial charge >= 0.3 is 12.0 Å². The summed E-state index contributed by atoms with van der Waals surface area (Å²) >= 11 is 0. The van der Waals surface area contributed by atoms with Gasteiger partial charge in [0.25, 0.3) is 0 Å². The highest BCUT2D eigenvalue weighted by Crippen LogP contribution is 2.22. The number of benzene rings is 3. The predicted octanol–water partition coefficient (Wildman–Crippen LogP) is 3.67. The molecule has 4 rings (SSSR count). The Hall–Kier alpha value is -4.00. The Kier molecular flexibility index (Phi) is 4.57. The molecule has 0 bridgehead atoms. The van der Waals surface area contributed by atoms with Crippen LogP contribution in [-0.4, -0.2) is 26.2 Å². The molecule has 0 N–H and O–H groups in total. The van der Waals surface area contributed by atoms with Crippen LogP contribution in [0.5, 0.6) is 17.5 Å². The number of ether oxygens (including phenoxy) is 2. The lowest BCUT2D eigenvalue weighted by atomic mass is 10.2. The summed E-state index contributed by atoms with van der Waals surface area (Å²) in [4.78, 5) is 12.2. The SMILES string of the molecule is O=C(Oc1ccccc1)c1ccc(Oc2nnnn2-c2ccccc2)cc1. The Morgan fingerprint density at radius 3 is 2.15 bits per heavy atom. The molecular formula is C20H14N4O3. The lowest BCUT2D eigenvalue weighted by molar-refractivity contribution is 0.0735. The standard InChI is InChI=1S/C20H14N4O3/c25-19(26-17-9-5-2-6-10-17)15-11-13-18(14-12-15)27-20-21-22-23-24(20)16-7-3-1-4-8-16/h1-14H. The molecule has 4 aromatic rings. The summed E-state index contributed by atoms with van der Waals surface area (Å²) in [6, 6.07) is 25.1. The number of aromatic nitrogens is 4. The molecule has 0 saturated carbocycles. The molecule has 0 atom stereocenters. The molecule has 3 aromatic carbocycles. The Labute approximate surface area is 154 Å². The fraction of sp³-hybridized carbons (Fsp3) is 0. The van der Waals surface area contributed by atoms with Gasteiger partial charge in [-0.05, 0) is 59.0 Å². The number of esters is 1. The average Bonchev–Trinajstić information content (AvgIpc) is 3.18. The van der Waals surface area contributed by atoms with E-state index < -0.39 is 5.97 Å². The molecule has 0 amide bonds. The van der Waals surface area contributed by atoms with Crippen molar-refractivity contribution >= 4 is 5.97 Å². The normalized spacial score (nSPS) is 10.4. The third-order valence-corrected chi connectivity index (χ3v) is 3.69. The third-order valence-electron chi connectivity index (χ3n) is 3.69. The number of nitrogens with zero attached hydrogens (tertiary/aromatic N) is 4. The molecule has 7 nitrogen and oxygen atoms in total. The molecule has 1 heterocycles. The second kappa shape index (κ2) is 7.49. The van der Waals surface area contributed by atoms with Crippen molar-refractivity contribution < 1.29 is 14.3 Å². The van der Waals surface area contributed by atoms with Crippen LogP contribution in [-0.2, 0) is 0 Å². The van der Waals surface area contributed by atoms with Crippen LogP contribution in [0.25, 0.3) is 5.69 Å². The van der Waals surface area contributed by atoms with Crippen LogP contribution in [0.3, 0.4) is 0 Å². The molecule has 132 valence electrons. The van der Waals surface area contributed by atoms with Crippen molar-refractivity contribution in [2.24, 2.45) is 0 Å². The summed E-state index contributed by atoms with van der Waals surface area (Å²) in [6.07, 6.45) is 0. The maximum Gasteiger partial charge on any atom is 0.345 e. The molecule has 0 spiro atoms. The van der Waals surface area contributed by atoms with E-state index in [1.807, 2.05) is 36.4 Å². The molecule has 27 heavy (non-hydrogen) atoms. The van der Waals surface area contributed by atoms with Crippen molar-refractivity contribution in [2.45, 2.75) is 0 Å². The van der Waals surface area contributed by atoms with Crippen molar-refractivity contribution in [3.8, 4) is 23.2 Å². The number of carbonyl (C=O) groups is 1. The zero-order valence-corrected chi connectivity index (χ0v) is 14.1. The van der Waals surface area contributed by atoms with Crippen molar-refractivity contribution in [3.05, 3.63) is 90.5 Å². The van der Waals surface area contributed by atoms with Crippen molar-refractivity contribution in [1.29, 1.82) is 0 Å². The number of tetrazole rings is 1. The van der Waals surface area contributed by atoms with Gasteiger partial charge in [0.2, 0.25) is 0 Å². The second-order valence-electron chi connectivity index (χ2n) is 5.54. The van der Waals surface area contributed by atoms with Crippen LogP contribution in [0, 0.1) is 0 Å². The number of para-hydroxylation sites is 2. The molecule has 7 heteroatoms. The minimum Gasteiger partial charge on any atom is -0.423 e. The first-order valence-corrected chi connectivity index (χ1v) is 8.18. The van der Waals surface area contributed by atoms with Crippen LogP contribution >= 0.6 is 0 Å². The second-order valence-corrected chi connectivity index (χ2v) is 5.54. The molecule has 0 aliphatic carbocycles. The van der Waals surface area contributed by atoms with Crippen molar-refractivity contribution in [1.82, 2.24) is 20.2 Å². The van der Waals surface area contributed by atoms with E-state index in [0.717, 1.165) is 5.69 Å². The average molecular weight is 358 g/mol. The number of carbonyl (C=O) groups excluding carboxylic acids is 1. The summed E-state index contributed by atoms with van der Waals surface area (Å²) in [5, 5.41) is 11.5. The van der Waals surface area contributed by atoms with Gasteiger partial charge in [0, 0.05) is 0 Å². The van der Waals surface area contributed by atoms with Crippen LogP contribution in [0.15, 0.2) is 84.9 Å². The molecule has 0 aliphatic heterocycles. The Morgan fingerprint density at radius 1 is 0.778 bits per heavy atom. The van der Waals surface area contributed by atoms with E-state index in [-0.39, 0.29) is 6.01 Å². The summed E-state index contributed by atoms with van der Waals surface area (Å²) < 4.78 is 12.5. The molecule has 0 aliphatic rings. The Balaban J connectivity index is 1.48. The minimum absolute atomic E-state index is 0.223. The van der Waals surface area contributed by atoms with E-state index >= 15 is 0 Å². The van der Waals surface area contributed by atoms with Crippen LogP contribution in [0.4, 0.5) is 0 Å². The van der Waals surface area contributed by atoms with E-state index in [9.17, 15) is 4.79 Å². The zero-order chi connectivity index (χ0) is 18.5. The van der Waals surface area contributed by atoms with Gasteiger partial charge in [-0.15, -0.1) is 0 Å². The Morgan fingerprint density at radius 2 is 1.44 bits per heavy atom. The molecule has 0 radical (unpaired) electrons. The minimum atomic E-state index is -0.443. The van der Waals surface area contributed by atoms with Crippen molar-refractivity contribution in [2.75, 3.05) is 0 Å². The first-order chi connectivity index (χ1) is 13.3. The highest BCUT2D eigenvalue weighted by molar-refractivity contribution is 5.91. The zero-order valence-electron chi connectivity index (χ0n) is 14.1. The maximum absolute atomic E-state index is 12.2. The van der Waals surface area contributed by atoms with Gasteiger partial charge in [0.15, 0.2) is 0 Å². The summed E-state index contributed by atoms with van der Waals surface area (Å²) in [7, 11) is 0. The summed E-state index contributed by atoms with van der Waals surface area (Å²) in [5.41, 5.74) is 1.19. The van der Waals surface area contributed by atoms with E-state index in [1.165, 1.54) is 4.68 Å². The van der Waals surface area contributed by atoms with E-state index in [4.69, 9.17) is 9.47 Å². The van der Waals surface area contributed by atoms with Gasteiger partial charge in [0.1, 0.15) is 11.5 Å². The van der Waals surface area contributed by atoms with Crippen molar-refractivity contribution in [3.63, 3.8) is 0 Å². The largest absolute Gasteiger partial charge is 0.423 e. The molecule has 0 fully saturated rings. The van der Waals surface area contributed by atoms with Gasteiger partial charge in [-0.25, -0.2) is 4.79 Å². The molecule has 0 unspecified atom stereocenters. The van der Waals surface area contributed by atoms with E-state index in [2.05, 4.69) is 15.5 Å². The summed E-state index contributed by atoms with van der Waals surface area (Å²) in [6.45, 7) is 0. The lowest BCUT2D eigenvalue weighted by Gasteiger charge is -2.07. The smallest absolute Gasteiger partial charge is 0.345 e. The van der Waals surface area contributed by atoms with Gasteiger partial charge in [0.05, 0.1) is 11.3 Å². The van der Waals surface area contributed by atoms with Gasteiger partial charge in [-0.1, -0.05) is 41.5 Å². The summed E-state index contributed by atoms with van der Waals surface area (Å²) in [5.74, 6) is 0.546. The lowest BCUT2D eigenvalue weighted by Crippen LogP contribution is -2.08. The molecule has 0 saturated heterocycles. The first kappa shape index (κ1) is 16.5. The van der Waals surface area contributed by atoms with Crippen LogP contribution in [0.2, 0.25) is 0 Å². The monoisotopic (exact) mass is 358 g/mol. The number of hydrogen-bond acceptors (Lipinski definition) is 6. The highest BCUT2D eigenvalue weighted by Gasteiger charge is 2.12. The number of hydrogen-bond donors (Lipinski definition) is 0. The van der Waals surface area contributed by atoms with Gasteiger partial charge < -0.3 is 9.47 Å². The third kappa shape index (κ3) is 3.82. The van der Waals surface area contributed by atoms with Crippen LogP contribution in [0.1, 0.15) is 10.4 Å². The quantitative estimate of drug-likeness (QED) is 0.400. The van der Waals surface area contributed by atoms with Gasteiger partial charge in [-0.3, -0.25) is 0 Å². The predicted molar refractivity (Wildman–Crippen MR) is 97.1 cm³/mol. The van der Waals surface area contributed by atoms with Crippen LogP contribution < -0.4 is 9.47 Å². The molecule has 1 aromatic heterocycles. The fourth-order valence-corrected chi connectivity index (χ4v) is 2.39. The van der Waals surface area contributed by atoms with E-state index in [0.29, 0.717) is 17.1 Å². The maximum atomic E-state index is 12.2. The first-order valence-electron chi connectivity index (χ1n) is 8.18.